The molecule has 2 aromatic rings. The van der Waals surface area contributed by atoms with Crippen molar-refractivity contribution in [2.45, 2.75) is 6.42 Å². The van der Waals surface area contributed by atoms with Gasteiger partial charge in [-0.2, -0.15) is 0 Å². The van der Waals surface area contributed by atoms with Crippen LogP contribution in [0.2, 0.25) is 0 Å². The van der Waals surface area contributed by atoms with Gasteiger partial charge in [0.2, 0.25) is 0 Å². The zero-order valence-electron chi connectivity index (χ0n) is 13.3. The number of carbonyl (C=O) groups excluding carboxylic acids is 2. The van der Waals surface area contributed by atoms with Gasteiger partial charge in [-0.1, -0.05) is 30.3 Å². The summed E-state index contributed by atoms with van der Waals surface area (Å²) in [6.45, 7) is 0.383. The first kappa shape index (κ1) is 18.0. The minimum absolute atomic E-state index is 0.148. The molecular weight excluding hydrogens is 374 g/mol. The first-order valence-corrected chi connectivity index (χ1v) is 8.19. The monoisotopic (exact) mass is 391 g/mol. The van der Waals surface area contributed by atoms with Gasteiger partial charge in [-0.05, 0) is 40.0 Å². The van der Waals surface area contributed by atoms with Crippen molar-refractivity contribution in [2.75, 3.05) is 20.3 Å². The Morgan fingerprint density at radius 3 is 2.62 bits per heavy atom. The Bertz CT molecular complexity index is 704. The highest BCUT2D eigenvalue weighted by atomic mass is 79.9. The number of amides is 1. The third-order valence-corrected chi connectivity index (χ3v) is 4.03. The Hall–Kier alpha value is -2.34. The summed E-state index contributed by atoms with van der Waals surface area (Å²) in [6.07, 6.45) is 1.46. The van der Waals surface area contributed by atoms with Gasteiger partial charge in [-0.15, -0.1) is 0 Å². The minimum Gasteiger partial charge on any atom is -0.493 e. The molecule has 0 heterocycles. The molecule has 2 aromatic carbocycles. The quantitative estimate of drug-likeness (QED) is 0.702. The first-order valence-electron chi connectivity index (χ1n) is 7.40. The highest BCUT2D eigenvalue weighted by Gasteiger charge is 2.11. The minimum atomic E-state index is -0.233. The standard InChI is InChI=1S/C18H18BrNO4/c1-23-16-10-15(19)14(11-21)9-17(16)24-12-18(22)20-8-7-13-5-3-2-4-6-13/h2-6,9-11H,7-8,12H2,1H3,(H,20,22). The van der Waals surface area contributed by atoms with Crippen LogP contribution in [0.4, 0.5) is 0 Å². The van der Waals surface area contributed by atoms with Crippen molar-refractivity contribution >= 4 is 28.1 Å². The number of benzene rings is 2. The molecule has 0 saturated carbocycles. The number of rotatable bonds is 8. The first-order chi connectivity index (χ1) is 11.6. The number of hydrogen-bond acceptors (Lipinski definition) is 4. The van der Waals surface area contributed by atoms with E-state index in [1.165, 1.54) is 13.2 Å². The molecule has 1 amide bonds. The van der Waals surface area contributed by atoms with E-state index >= 15 is 0 Å². The number of aldehydes is 1. The van der Waals surface area contributed by atoms with Gasteiger partial charge in [0, 0.05) is 16.6 Å². The highest BCUT2D eigenvalue weighted by Crippen LogP contribution is 2.32. The molecule has 0 atom stereocenters. The molecule has 0 aromatic heterocycles. The molecule has 0 aliphatic heterocycles. The second-order valence-electron chi connectivity index (χ2n) is 5.02. The molecule has 24 heavy (non-hydrogen) atoms. The lowest BCUT2D eigenvalue weighted by atomic mass is 10.1. The van der Waals surface area contributed by atoms with Crippen LogP contribution in [0.5, 0.6) is 11.5 Å². The molecule has 0 radical (unpaired) electrons. The van der Waals surface area contributed by atoms with Gasteiger partial charge < -0.3 is 14.8 Å². The predicted octanol–water partition coefficient (Wildman–Crippen LogP) is 3.01. The zero-order valence-corrected chi connectivity index (χ0v) is 14.8. The van der Waals surface area contributed by atoms with Gasteiger partial charge in [-0.3, -0.25) is 9.59 Å². The number of halogens is 1. The molecule has 0 fully saturated rings. The maximum Gasteiger partial charge on any atom is 0.257 e. The number of ether oxygens (including phenoxy) is 2. The average Bonchev–Trinajstić information content (AvgIpc) is 2.61. The Morgan fingerprint density at radius 1 is 1.21 bits per heavy atom. The van der Waals surface area contributed by atoms with Crippen LogP contribution < -0.4 is 14.8 Å². The van der Waals surface area contributed by atoms with Crippen molar-refractivity contribution in [3.8, 4) is 11.5 Å². The molecular formula is C18H18BrNO4. The van der Waals surface area contributed by atoms with Crippen LogP contribution >= 0.6 is 15.9 Å². The summed E-state index contributed by atoms with van der Waals surface area (Å²) >= 11 is 3.27. The van der Waals surface area contributed by atoms with Crippen LogP contribution in [-0.2, 0) is 11.2 Å². The highest BCUT2D eigenvalue weighted by molar-refractivity contribution is 9.10. The predicted molar refractivity (Wildman–Crippen MR) is 94.7 cm³/mol. The Labute approximate surface area is 149 Å². The van der Waals surface area contributed by atoms with Crippen LogP contribution in [0.1, 0.15) is 15.9 Å². The van der Waals surface area contributed by atoms with E-state index in [-0.39, 0.29) is 12.5 Å². The number of hydrogen-bond donors (Lipinski definition) is 1. The molecule has 0 unspecified atom stereocenters. The van der Waals surface area contributed by atoms with Crippen molar-refractivity contribution in [3.63, 3.8) is 0 Å². The molecule has 0 spiro atoms. The van der Waals surface area contributed by atoms with Crippen molar-refractivity contribution in [1.29, 1.82) is 0 Å². The normalized spacial score (nSPS) is 10.1. The van der Waals surface area contributed by atoms with E-state index < -0.39 is 0 Å². The van der Waals surface area contributed by atoms with Gasteiger partial charge in [0.25, 0.3) is 5.91 Å². The summed E-state index contributed by atoms with van der Waals surface area (Å²) in [5.74, 6) is 0.564. The summed E-state index contributed by atoms with van der Waals surface area (Å²) in [5, 5.41) is 2.80. The van der Waals surface area contributed by atoms with Crippen molar-refractivity contribution in [2.24, 2.45) is 0 Å². The summed E-state index contributed by atoms with van der Waals surface area (Å²) in [5.41, 5.74) is 1.58. The number of carbonyl (C=O) groups is 2. The Morgan fingerprint density at radius 2 is 1.96 bits per heavy atom. The van der Waals surface area contributed by atoms with E-state index in [9.17, 15) is 9.59 Å². The molecule has 1 N–H and O–H groups in total. The van der Waals surface area contributed by atoms with Crippen LogP contribution in [0.25, 0.3) is 0 Å². The van der Waals surface area contributed by atoms with Crippen LogP contribution in [0.15, 0.2) is 46.9 Å². The van der Waals surface area contributed by atoms with Crippen LogP contribution in [-0.4, -0.2) is 32.5 Å². The topological polar surface area (TPSA) is 64.6 Å². The van der Waals surface area contributed by atoms with Gasteiger partial charge >= 0.3 is 0 Å². The maximum atomic E-state index is 11.9. The summed E-state index contributed by atoms with van der Waals surface area (Å²) in [7, 11) is 1.50. The lowest BCUT2D eigenvalue weighted by molar-refractivity contribution is -0.123. The fourth-order valence-corrected chi connectivity index (χ4v) is 2.51. The van der Waals surface area contributed by atoms with Crippen LogP contribution in [0, 0.1) is 0 Å². The van der Waals surface area contributed by atoms with Gasteiger partial charge in [0.15, 0.2) is 24.4 Å². The van der Waals surface area contributed by atoms with E-state index in [2.05, 4.69) is 21.2 Å². The number of nitrogens with one attached hydrogen (secondary N) is 1. The van der Waals surface area contributed by atoms with Crippen molar-refractivity contribution in [1.82, 2.24) is 5.32 Å². The molecule has 0 bridgehead atoms. The van der Waals surface area contributed by atoms with Crippen molar-refractivity contribution in [3.05, 3.63) is 58.1 Å². The Balaban J connectivity index is 1.86. The lowest BCUT2D eigenvalue weighted by Gasteiger charge is -2.12. The maximum absolute atomic E-state index is 11.9. The largest absolute Gasteiger partial charge is 0.493 e. The smallest absolute Gasteiger partial charge is 0.257 e. The van der Waals surface area contributed by atoms with Gasteiger partial charge in [0.1, 0.15) is 0 Å². The number of methoxy groups -OCH3 is 1. The molecule has 126 valence electrons. The second-order valence-corrected chi connectivity index (χ2v) is 5.87. The fraction of sp³-hybridized carbons (Fsp3) is 0.222. The molecule has 0 saturated heterocycles. The van der Waals surface area contributed by atoms with Gasteiger partial charge in [0.05, 0.1) is 7.11 Å². The molecule has 0 aliphatic carbocycles. The summed E-state index contributed by atoms with van der Waals surface area (Å²) < 4.78 is 11.3. The van der Waals surface area contributed by atoms with E-state index in [0.29, 0.717) is 34.4 Å². The second kappa shape index (κ2) is 9.08. The third kappa shape index (κ3) is 5.09. The summed E-state index contributed by atoms with van der Waals surface area (Å²) in [4.78, 5) is 22.9. The SMILES string of the molecule is COc1cc(Br)c(C=O)cc1OCC(=O)NCCc1ccccc1. The molecule has 6 heteroatoms. The fourth-order valence-electron chi connectivity index (χ4n) is 2.10. The van der Waals surface area contributed by atoms with Crippen LogP contribution in [0.3, 0.4) is 0 Å². The Kier molecular flexibility index (Phi) is 6.81. The summed E-state index contributed by atoms with van der Waals surface area (Å²) in [6, 6.07) is 13.1. The lowest BCUT2D eigenvalue weighted by Crippen LogP contribution is -2.30. The van der Waals surface area contributed by atoms with Crippen molar-refractivity contribution < 1.29 is 19.1 Å². The molecule has 2 rings (SSSR count). The molecule has 5 nitrogen and oxygen atoms in total. The van der Waals surface area contributed by atoms with E-state index in [1.54, 1.807) is 6.07 Å². The van der Waals surface area contributed by atoms with Gasteiger partial charge in [-0.25, -0.2) is 0 Å². The zero-order chi connectivity index (χ0) is 17.4. The van der Waals surface area contributed by atoms with E-state index in [1.807, 2.05) is 30.3 Å². The van der Waals surface area contributed by atoms with E-state index in [0.717, 1.165) is 12.0 Å². The average molecular weight is 392 g/mol. The molecule has 0 aliphatic rings. The third-order valence-electron chi connectivity index (χ3n) is 3.35. The van der Waals surface area contributed by atoms with E-state index in [4.69, 9.17) is 9.47 Å².